The van der Waals surface area contributed by atoms with Crippen molar-refractivity contribution in [1.29, 1.82) is 0 Å². The molecule has 9 N–H and O–H groups in total. The zero-order valence-electron chi connectivity index (χ0n) is 18.8. The summed E-state index contributed by atoms with van der Waals surface area (Å²) in [6.45, 7) is 1.23. The molecule has 0 heterocycles. The summed E-state index contributed by atoms with van der Waals surface area (Å²) >= 11 is 0. The van der Waals surface area contributed by atoms with E-state index in [1.807, 2.05) is 0 Å². The van der Waals surface area contributed by atoms with Crippen molar-refractivity contribution in [3.05, 3.63) is 29.8 Å². The molecule has 1 aromatic rings. The Hall–Kier alpha value is -4.20. The smallest absolute Gasteiger partial charge is 0.326 e. The topological polar surface area (TPSA) is 245 Å². The quantitative estimate of drug-likeness (QED) is 0.142. The zero-order chi connectivity index (χ0) is 26.7. The molecule has 14 nitrogen and oxygen atoms in total. The van der Waals surface area contributed by atoms with E-state index in [0.29, 0.717) is 5.56 Å². The molecule has 14 heteroatoms. The number of rotatable bonds is 14. The number of hydrogen-bond donors (Lipinski definition) is 8. The lowest BCUT2D eigenvalue weighted by atomic mass is 10.1. The van der Waals surface area contributed by atoms with Crippen molar-refractivity contribution >= 4 is 35.6 Å². The highest BCUT2D eigenvalue weighted by Gasteiger charge is 2.30. The number of nitrogens with one attached hydrogen (secondary N) is 3. The van der Waals surface area contributed by atoms with Crippen LogP contribution < -0.4 is 21.7 Å². The van der Waals surface area contributed by atoms with Gasteiger partial charge in [-0.3, -0.25) is 24.0 Å². The average molecular weight is 496 g/mol. The van der Waals surface area contributed by atoms with E-state index in [1.165, 1.54) is 31.2 Å². The number of carboxylic acid groups (broad SMARTS) is 3. The number of benzene rings is 1. The average Bonchev–Trinajstić information content (AvgIpc) is 2.77. The van der Waals surface area contributed by atoms with Gasteiger partial charge < -0.3 is 42.1 Å². The second kappa shape index (κ2) is 13.5. The second-order valence-electron chi connectivity index (χ2n) is 7.70. The fourth-order valence-electron chi connectivity index (χ4n) is 2.82. The van der Waals surface area contributed by atoms with Crippen LogP contribution >= 0.6 is 0 Å². The van der Waals surface area contributed by atoms with Gasteiger partial charge in [-0.2, -0.15) is 0 Å². The molecule has 0 spiro atoms. The monoisotopic (exact) mass is 496 g/mol. The van der Waals surface area contributed by atoms with Crippen molar-refractivity contribution in [1.82, 2.24) is 16.0 Å². The maximum atomic E-state index is 12.5. The molecular formula is C21H28N4O10. The number of carbonyl (C=O) groups is 6. The number of nitrogens with two attached hydrogens (primary N) is 1. The van der Waals surface area contributed by atoms with Gasteiger partial charge in [0.1, 0.15) is 23.9 Å². The molecule has 4 atom stereocenters. The molecule has 0 bridgehead atoms. The molecule has 0 fully saturated rings. The Labute approximate surface area is 199 Å². The molecule has 1 rings (SSSR count). The summed E-state index contributed by atoms with van der Waals surface area (Å²) in [5, 5.41) is 43.0. The van der Waals surface area contributed by atoms with Crippen molar-refractivity contribution in [2.24, 2.45) is 5.73 Å². The maximum Gasteiger partial charge on any atom is 0.326 e. The zero-order valence-corrected chi connectivity index (χ0v) is 18.8. The molecule has 0 saturated heterocycles. The minimum Gasteiger partial charge on any atom is -0.508 e. The van der Waals surface area contributed by atoms with E-state index in [4.69, 9.17) is 15.9 Å². The minimum absolute atomic E-state index is 0.0214. The Morgan fingerprint density at radius 2 is 1.40 bits per heavy atom. The van der Waals surface area contributed by atoms with Crippen molar-refractivity contribution < 1.29 is 49.2 Å². The van der Waals surface area contributed by atoms with Gasteiger partial charge in [0.15, 0.2) is 0 Å². The van der Waals surface area contributed by atoms with Gasteiger partial charge >= 0.3 is 17.9 Å². The van der Waals surface area contributed by atoms with Gasteiger partial charge in [0.2, 0.25) is 17.7 Å². The van der Waals surface area contributed by atoms with Crippen molar-refractivity contribution in [2.45, 2.75) is 56.8 Å². The van der Waals surface area contributed by atoms with Gasteiger partial charge in [-0.15, -0.1) is 0 Å². The third kappa shape index (κ3) is 10.5. The van der Waals surface area contributed by atoms with Crippen LogP contribution in [0.5, 0.6) is 5.75 Å². The molecule has 35 heavy (non-hydrogen) atoms. The number of carbonyl (C=O) groups excluding carboxylic acids is 3. The first-order valence-electron chi connectivity index (χ1n) is 10.4. The first-order valence-corrected chi connectivity index (χ1v) is 10.4. The summed E-state index contributed by atoms with van der Waals surface area (Å²) in [6, 6.07) is 0.0374. The van der Waals surface area contributed by atoms with E-state index >= 15 is 0 Å². The minimum atomic E-state index is -1.63. The van der Waals surface area contributed by atoms with Crippen LogP contribution in [-0.2, 0) is 35.2 Å². The predicted molar refractivity (Wildman–Crippen MR) is 118 cm³/mol. The lowest BCUT2D eigenvalue weighted by Crippen LogP contribution is -2.56. The lowest BCUT2D eigenvalue weighted by Gasteiger charge is -2.22. The van der Waals surface area contributed by atoms with Crippen LogP contribution in [0, 0.1) is 0 Å². The summed E-state index contributed by atoms with van der Waals surface area (Å²) < 4.78 is 0. The first-order chi connectivity index (χ1) is 16.3. The number of phenols is 1. The molecule has 0 aromatic heterocycles. The van der Waals surface area contributed by atoms with E-state index < -0.39 is 72.6 Å². The Bertz CT molecular complexity index is 950. The van der Waals surface area contributed by atoms with Crippen LogP contribution in [0.15, 0.2) is 24.3 Å². The van der Waals surface area contributed by atoms with Crippen LogP contribution in [0.1, 0.15) is 31.7 Å². The normalized spacial score (nSPS) is 14.0. The molecule has 1 aromatic carbocycles. The fourth-order valence-corrected chi connectivity index (χ4v) is 2.82. The number of aliphatic carboxylic acids is 3. The first kappa shape index (κ1) is 28.8. The van der Waals surface area contributed by atoms with E-state index in [9.17, 15) is 39.0 Å². The van der Waals surface area contributed by atoms with Gasteiger partial charge in [0, 0.05) is 12.8 Å². The predicted octanol–water partition coefficient (Wildman–Crippen LogP) is -1.84. The molecule has 0 aliphatic heterocycles. The third-order valence-corrected chi connectivity index (χ3v) is 4.76. The number of amides is 3. The highest BCUT2D eigenvalue weighted by molar-refractivity contribution is 5.95. The van der Waals surface area contributed by atoms with E-state index in [-0.39, 0.29) is 18.6 Å². The summed E-state index contributed by atoms with van der Waals surface area (Å²) in [7, 11) is 0. The Morgan fingerprint density at radius 1 is 0.829 bits per heavy atom. The Morgan fingerprint density at radius 3 is 1.91 bits per heavy atom. The number of hydrogen-bond acceptors (Lipinski definition) is 8. The summed E-state index contributed by atoms with van der Waals surface area (Å²) in [5.74, 6) is -6.89. The SMILES string of the molecule is CC(NC(=O)C(CC(=O)O)NC(=O)C(N)CCC(=O)O)C(=O)NC(Cc1ccc(O)cc1)C(=O)O. The molecule has 0 radical (unpaired) electrons. The number of carboxylic acids is 3. The van der Waals surface area contributed by atoms with Crippen molar-refractivity contribution in [3.63, 3.8) is 0 Å². The molecule has 0 aliphatic rings. The van der Waals surface area contributed by atoms with Gasteiger partial charge in [0.05, 0.1) is 12.5 Å². The number of phenolic OH excluding ortho intramolecular Hbond substituents is 1. The van der Waals surface area contributed by atoms with Crippen molar-refractivity contribution in [2.75, 3.05) is 0 Å². The fraction of sp³-hybridized carbons (Fsp3) is 0.429. The summed E-state index contributed by atoms with van der Waals surface area (Å²) in [5.41, 5.74) is 6.07. The highest BCUT2D eigenvalue weighted by Crippen LogP contribution is 2.11. The second-order valence-corrected chi connectivity index (χ2v) is 7.70. The summed E-state index contributed by atoms with van der Waals surface area (Å²) in [4.78, 5) is 70.4. The molecular weight excluding hydrogens is 468 g/mol. The molecule has 4 unspecified atom stereocenters. The summed E-state index contributed by atoms with van der Waals surface area (Å²) in [6.07, 6.45) is -1.64. The largest absolute Gasteiger partial charge is 0.508 e. The standard InChI is InChI=1S/C21H28N4O10/c1-10(18(31)25-15(21(34)35)8-11-2-4-12(26)5-3-11)23-20(33)14(9-17(29)30)24-19(32)13(22)6-7-16(27)28/h2-5,10,13-15,26H,6-9,22H2,1H3,(H,23,33)(H,24,32)(H,25,31)(H,27,28)(H,29,30)(H,34,35). The van der Waals surface area contributed by atoms with Crippen LogP contribution in [0.4, 0.5) is 0 Å². The van der Waals surface area contributed by atoms with Crippen molar-refractivity contribution in [3.8, 4) is 5.75 Å². The van der Waals surface area contributed by atoms with Gasteiger partial charge in [-0.25, -0.2) is 4.79 Å². The van der Waals surface area contributed by atoms with E-state index in [2.05, 4.69) is 16.0 Å². The Kier molecular flexibility index (Phi) is 11.1. The highest BCUT2D eigenvalue weighted by atomic mass is 16.4. The third-order valence-electron chi connectivity index (χ3n) is 4.76. The van der Waals surface area contributed by atoms with E-state index in [0.717, 1.165) is 0 Å². The number of aromatic hydroxyl groups is 1. The van der Waals surface area contributed by atoms with Gasteiger partial charge in [0.25, 0.3) is 0 Å². The van der Waals surface area contributed by atoms with Gasteiger partial charge in [-0.05, 0) is 31.0 Å². The maximum absolute atomic E-state index is 12.5. The van der Waals surface area contributed by atoms with E-state index in [1.54, 1.807) is 0 Å². The van der Waals surface area contributed by atoms with Crippen LogP contribution in [0.2, 0.25) is 0 Å². The van der Waals surface area contributed by atoms with Crippen LogP contribution in [0.25, 0.3) is 0 Å². The van der Waals surface area contributed by atoms with Crippen LogP contribution in [0.3, 0.4) is 0 Å². The van der Waals surface area contributed by atoms with Crippen LogP contribution in [-0.4, -0.2) is 80.2 Å². The Balaban J connectivity index is 2.79. The lowest BCUT2D eigenvalue weighted by molar-refractivity contribution is -0.143. The van der Waals surface area contributed by atoms with Gasteiger partial charge in [-0.1, -0.05) is 12.1 Å². The molecule has 3 amide bonds. The molecule has 0 aliphatic carbocycles. The molecule has 0 saturated carbocycles. The molecule has 192 valence electrons.